The highest BCUT2D eigenvalue weighted by atomic mass is 16.1. The van der Waals surface area contributed by atoms with Crippen molar-refractivity contribution in [2.75, 3.05) is 5.32 Å². The van der Waals surface area contributed by atoms with Gasteiger partial charge < -0.3 is 5.32 Å². The van der Waals surface area contributed by atoms with Crippen LogP contribution < -0.4 is 5.32 Å². The molecule has 0 heterocycles. The lowest BCUT2D eigenvalue weighted by Crippen LogP contribution is -2.12. The van der Waals surface area contributed by atoms with Crippen molar-refractivity contribution < 1.29 is 4.79 Å². The second-order valence-corrected chi connectivity index (χ2v) is 3.95. The minimum atomic E-state index is 0.0864. The summed E-state index contributed by atoms with van der Waals surface area (Å²) in [5, 5.41) is 2.97. The zero-order valence-electron chi connectivity index (χ0n) is 12.5. The van der Waals surface area contributed by atoms with Crippen LogP contribution in [0, 0.1) is 0 Å². The fourth-order valence-corrected chi connectivity index (χ4v) is 1.91. The van der Waals surface area contributed by atoms with Gasteiger partial charge in [0.05, 0.1) is 0 Å². The Morgan fingerprint density at radius 2 is 1.83 bits per heavy atom. The van der Waals surface area contributed by atoms with E-state index in [0.29, 0.717) is 6.42 Å². The summed E-state index contributed by atoms with van der Waals surface area (Å²) >= 11 is 0. The first-order valence-electron chi connectivity index (χ1n) is 7.13. The Morgan fingerprint density at radius 1 is 1.17 bits per heavy atom. The van der Waals surface area contributed by atoms with Gasteiger partial charge in [0.15, 0.2) is 0 Å². The number of anilines is 1. The van der Waals surface area contributed by atoms with E-state index in [4.69, 9.17) is 0 Å². The maximum atomic E-state index is 11.4. The minimum Gasteiger partial charge on any atom is -0.326 e. The van der Waals surface area contributed by atoms with E-state index in [0.717, 1.165) is 24.9 Å². The predicted molar refractivity (Wildman–Crippen MR) is 80.1 cm³/mol. The molecule has 18 heavy (non-hydrogen) atoms. The molecule has 0 saturated heterocycles. The highest BCUT2D eigenvalue weighted by molar-refractivity contribution is 5.91. The first-order valence-corrected chi connectivity index (χ1v) is 7.13. The molecule has 0 spiro atoms. The zero-order chi connectivity index (χ0) is 14.0. The van der Waals surface area contributed by atoms with E-state index < -0.39 is 0 Å². The number of carbonyl (C=O) groups excluding carboxylic acids is 1. The summed E-state index contributed by atoms with van der Waals surface area (Å²) in [5.74, 6) is 0.0864. The van der Waals surface area contributed by atoms with Crippen molar-refractivity contribution in [3.8, 4) is 0 Å². The number of rotatable bonds is 5. The quantitative estimate of drug-likeness (QED) is 0.813. The summed E-state index contributed by atoms with van der Waals surface area (Å²) in [6.07, 6.45) is 3.72. The van der Waals surface area contributed by atoms with E-state index in [9.17, 15) is 4.79 Å². The molecule has 2 heteroatoms. The third kappa shape index (κ3) is 4.91. The molecule has 0 aromatic heterocycles. The van der Waals surface area contributed by atoms with Gasteiger partial charge in [0.25, 0.3) is 0 Å². The lowest BCUT2D eigenvalue weighted by molar-refractivity contribution is -0.115. The summed E-state index contributed by atoms with van der Waals surface area (Å²) < 4.78 is 0. The fourth-order valence-electron chi connectivity index (χ4n) is 1.91. The molecule has 1 aromatic carbocycles. The molecule has 0 bridgehead atoms. The smallest absolute Gasteiger partial charge is 0.224 e. The van der Waals surface area contributed by atoms with Crippen molar-refractivity contribution in [2.45, 2.75) is 60.3 Å². The van der Waals surface area contributed by atoms with E-state index in [2.05, 4.69) is 25.2 Å². The van der Waals surface area contributed by atoms with Crippen LogP contribution in [0.25, 0.3) is 0 Å². The lowest BCUT2D eigenvalue weighted by atomic mass is 9.99. The standard InChI is InChI=1S/C14H21NO.C2H6/c1-4-8-11-9-7-10-13(12(11)5-2)15-14(16)6-3;1-2/h7,9-10H,4-6,8H2,1-3H3,(H,15,16);1-2H3. The maximum absolute atomic E-state index is 11.4. The molecule has 1 N–H and O–H groups in total. The van der Waals surface area contributed by atoms with Gasteiger partial charge in [-0.25, -0.2) is 0 Å². The van der Waals surface area contributed by atoms with E-state index >= 15 is 0 Å². The molecule has 0 radical (unpaired) electrons. The van der Waals surface area contributed by atoms with Gasteiger partial charge in [0.2, 0.25) is 5.91 Å². The molecule has 0 saturated carbocycles. The van der Waals surface area contributed by atoms with Crippen LogP contribution >= 0.6 is 0 Å². The average molecular weight is 249 g/mol. The SMILES string of the molecule is CC.CCCc1cccc(NC(=O)CC)c1CC. The number of benzene rings is 1. The molecule has 1 aromatic rings. The predicted octanol–water partition coefficient (Wildman–Crippen LogP) is 4.58. The van der Waals surface area contributed by atoms with Gasteiger partial charge in [-0.2, -0.15) is 0 Å². The van der Waals surface area contributed by atoms with Gasteiger partial charge in [0, 0.05) is 12.1 Å². The normalized spacial score (nSPS) is 9.39. The lowest BCUT2D eigenvalue weighted by Gasteiger charge is -2.13. The van der Waals surface area contributed by atoms with Crippen molar-refractivity contribution in [2.24, 2.45) is 0 Å². The van der Waals surface area contributed by atoms with Gasteiger partial charge in [-0.05, 0) is 30.0 Å². The van der Waals surface area contributed by atoms with Crippen molar-refractivity contribution in [3.05, 3.63) is 29.3 Å². The van der Waals surface area contributed by atoms with Gasteiger partial charge in [-0.15, -0.1) is 0 Å². The number of amides is 1. The van der Waals surface area contributed by atoms with Crippen LogP contribution in [-0.4, -0.2) is 5.91 Å². The largest absolute Gasteiger partial charge is 0.326 e. The number of hydrogen-bond acceptors (Lipinski definition) is 1. The first kappa shape index (κ1) is 16.7. The van der Waals surface area contributed by atoms with Crippen LogP contribution in [0.5, 0.6) is 0 Å². The van der Waals surface area contributed by atoms with Crippen LogP contribution in [-0.2, 0) is 17.6 Å². The van der Waals surface area contributed by atoms with Crippen LogP contribution in [0.1, 0.15) is 58.6 Å². The Kier molecular flexibility index (Phi) is 8.99. The molecule has 0 atom stereocenters. The Labute approximate surface area is 112 Å². The van der Waals surface area contributed by atoms with Gasteiger partial charge in [0.1, 0.15) is 0 Å². The number of carbonyl (C=O) groups is 1. The molecular weight excluding hydrogens is 222 g/mol. The van der Waals surface area contributed by atoms with Crippen LogP contribution in [0.15, 0.2) is 18.2 Å². The Balaban J connectivity index is 0.00000137. The number of nitrogens with one attached hydrogen (secondary N) is 1. The van der Waals surface area contributed by atoms with Crippen molar-refractivity contribution >= 4 is 11.6 Å². The van der Waals surface area contributed by atoms with Gasteiger partial charge in [-0.3, -0.25) is 4.79 Å². The molecule has 1 rings (SSSR count). The molecule has 0 aliphatic rings. The Morgan fingerprint density at radius 3 is 2.33 bits per heavy atom. The van der Waals surface area contributed by atoms with E-state index in [1.807, 2.05) is 32.9 Å². The number of aryl methyl sites for hydroxylation is 1. The summed E-state index contributed by atoms with van der Waals surface area (Å²) in [6, 6.07) is 6.17. The molecule has 0 aliphatic carbocycles. The monoisotopic (exact) mass is 249 g/mol. The topological polar surface area (TPSA) is 29.1 Å². The summed E-state index contributed by atoms with van der Waals surface area (Å²) in [5.41, 5.74) is 3.63. The van der Waals surface area contributed by atoms with E-state index in [-0.39, 0.29) is 5.91 Å². The third-order valence-corrected chi connectivity index (χ3v) is 2.74. The van der Waals surface area contributed by atoms with Gasteiger partial charge in [-0.1, -0.05) is 53.2 Å². The summed E-state index contributed by atoms with van der Waals surface area (Å²) in [7, 11) is 0. The second kappa shape index (κ2) is 9.69. The third-order valence-electron chi connectivity index (χ3n) is 2.74. The van der Waals surface area contributed by atoms with E-state index in [1.54, 1.807) is 0 Å². The molecule has 102 valence electrons. The molecule has 2 nitrogen and oxygen atoms in total. The molecule has 0 aliphatic heterocycles. The average Bonchev–Trinajstić information content (AvgIpc) is 2.41. The molecule has 0 fully saturated rings. The minimum absolute atomic E-state index is 0.0864. The van der Waals surface area contributed by atoms with Crippen molar-refractivity contribution in [1.82, 2.24) is 0 Å². The van der Waals surface area contributed by atoms with E-state index in [1.165, 1.54) is 11.1 Å². The summed E-state index contributed by atoms with van der Waals surface area (Å²) in [4.78, 5) is 11.4. The molecular formula is C16H27NO. The number of hydrogen-bond donors (Lipinski definition) is 1. The molecule has 0 unspecified atom stereocenters. The Bertz CT molecular complexity index is 358. The fraction of sp³-hybridized carbons (Fsp3) is 0.562. The second-order valence-electron chi connectivity index (χ2n) is 3.95. The van der Waals surface area contributed by atoms with Crippen LogP contribution in [0.3, 0.4) is 0 Å². The highest BCUT2D eigenvalue weighted by Gasteiger charge is 2.07. The maximum Gasteiger partial charge on any atom is 0.224 e. The van der Waals surface area contributed by atoms with Crippen LogP contribution in [0.2, 0.25) is 0 Å². The van der Waals surface area contributed by atoms with Crippen LogP contribution in [0.4, 0.5) is 5.69 Å². The highest BCUT2D eigenvalue weighted by Crippen LogP contribution is 2.22. The molecule has 1 amide bonds. The van der Waals surface area contributed by atoms with Crippen molar-refractivity contribution in [1.29, 1.82) is 0 Å². The Hall–Kier alpha value is -1.31. The van der Waals surface area contributed by atoms with Gasteiger partial charge >= 0.3 is 0 Å². The zero-order valence-corrected chi connectivity index (χ0v) is 12.5. The summed E-state index contributed by atoms with van der Waals surface area (Å²) in [6.45, 7) is 10.2. The van der Waals surface area contributed by atoms with Crippen molar-refractivity contribution in [3.63, 3.8) is 0 Å². The first-order chi connectivity index (χ1) is 8.72.